The van der Waals surface area contributed by atoms with Crippen molar-refractivity contribution in [3.05, 3.63) is 34.8 Å². The first-order chi connectivity index (χ1) is 11.2. The van der Waals surface area contributed by atoms with Gasteiger partial charge < -0.3 is 9.64 Å². The molecular formula is C18H20N2O2S. The molecule has 0 bridgehead atoms. The normalized spacial score (nSPS) is 20.2. The van der Waals surface area contributed by atoms with Crippen LogP contribution < -0.4 is 4.74 Å². The lowest BCUT2D eigenvalue weighted by atomic mass is 10.0. The summed E-state index contributed by atoms with van der Waals surface area (Å²) in [5.74, 6) is 1.05. The summed E-state index contributed by atoms with van der Waals surface area (Å²) in [7, 11) is 0. The molecule has 1 amide bonds. The van der Waals surface area contributed by atoms with E-state index in [-0.39, 0.29) is 5.91 Å². The summed E-state index contributed by atoms with van der Waals surface area (Å²) in [6, 6.07) is 6.49. The molecule has 2 aliphatic rings. The lowest BCUT2D eigenvalue weighted by Crippen LogP contribution is -2.42. The fraction of sp³-hybridized carbons (Fsp3) is 0.444. The molecule has 0 saturated carbocycles. The number of ether oxygens (including phenoxy) is 1. The fourth-order valence-corrected chi connectivity index (χ4v) is 4.16. The largest absolute Gasteiger partial charge is 0.493 e. The van der Waals surface area contributed by atoms with E-state index >= 15 is 0 Å². The SMILES string of the molecule is CC1CCCCN1C(=O)c1csc(-c2ccc3c(c2)CCO3)n1. The third-order valence-corrected chi connectivity index (χ3v) is 5.61. The summed E-state index contributed by atoms with van der Waals surface area (Å²) in [4.78, 5) is 19.3. The van der Waals surface area contributed by atoms with E-state index < -0.39 is 0 Å². The minimum atomic E-state index is 0.0733. The zero-order valence-electron chi connectivity index (χ0n) is 13.2. The van der Waals surface area contributed by atoms with Crippen molar-refractivity contribution < 1.29 is 9.53 Å². The van der Waals surface area contributed by atoms with Crippen LogP contribution in [0.3, 0.4) is 0 Å². The maximum atomic E-state index is 12.7. The zero-order chi connectivity index (χ0) is 15.8. The van der Waals surface area contributed by atoms with Crippen LogP contribution in [0.5, 0.6) is 5.75 Å². The zero-order valence-corrected chi connectivity index (χ0v) is 14.1. The molecule has 4 nitrogen and oxygen atoms in total. The monoisotopic (exact) mass is 328 g/mol. The molecule has 1 saturated heterocycles. The number of benzene rings is 1. The molecule has 1 fully saturated rings. The number of carbonyl (C=O) groups excluding carboxylic acids is 1. The first-order valence-corrected chi connectivity index (χ1v) is 9.13. The summed E-state index contributed by atoms with van der Waals surface area (Å²) in [6.45, 7) is 3.74. The molecule has 5 heteroatoms. The van der Waals surface area contributed by atoms with Gasteiger partial charge in [0.1, 0.15) is 16.5 Å². The standard InChI is InChI=1S/C18H20N2O2S/c1-12-4-2-3-8-20(12)18(21)15-11-23-17(19-15)14-5-6-16-13(10-14)7-9-22-16/h5-6,10-12H,2-4,7-9H2,1H3. The van der Waals surface area contributed by atoms with E-state index in [2.05, 4.69) is 18.0 Å². The number of amides is 1. The van der Waals surface area contributed by atoms with Gasteiger partial charge in [0.25, 0.3) is 5.91 Å². The van der Waals surface area contributed by atoms with E-state index in [0.29, 0.717) is 11.7 Å². The van der Waals surface area contributed by atoms with E-state index in [4.69, 9.17) is 4.74 Å². The number of nitrogens with zero attached hydrogens (tertiary/aromatic N) is 2. The average Bonchev–Trinajstić information content (AvgIpc) is 3.23. The number of thiazole rings is 1. The highest BCUT2D eigenvalue weighted by Crippen LogP contribution is 2.32. The molecular weight excluding hydrogens is 308 g/mol. The van der Waals surface area contributed by atoms with Gasteiger partial charge in [-0.05, 0) is 49.9 Å². The number of likely N-dealkylation sites (tertiary alicyclic amines) is 1. The van der Waals surface area contributed by atoms with Gasteiger partial charge >= 0.3 is 0 Å². The minimum absolute atomic E-state index is 0.0733. The second-order valence-corrected chi connectivity index (χ2v) is 7.16. The molecule has 23 heavy (non-hydrogen) atoms. The highest BCUT2D eigenvalue weighted by molar-refractivity contribution is 7.13. The highest BCUT2D eigenvalue weighted by Gasteiger charge is 2.26. The Bertz CT molecular complexity index is 740. The molecule has 3 heterocycles. The number of fused-ring (bicyclic) bond motifs is 1. The molecule has 1 aromatic heterocycles. The van der Waals surface area contributed by atoms with Crippen molar-refractivity contribution in [3.8, 4) is 16.3 Å². The molecule has 4 rings (SSSR count). The van der Waals surface area contributed by atoms with Crippen molar-refractivity contribution in [3.63, 3.8) is 0 Å². The molecule has 120 valence electrons. The highest BCUT2D eigenvalue weighted by atomic mass is 32.1. The van der Waals surface area contributed by atoms with Crippen LogP contribution in [0.15, 0.2) is 23.6 Å². The predicted molar refractivity (Wildman–Crippen MR) is 91.1 cm³/mol. The van der Waals surface area contributed by atoms with Gasteiger partial charge in [0, 0.05) is 30.0 Å². The van der Waals surface area contributed by atoms with Gasteiger partial charge in [0.2, 0.25) is 0 Å². The van der Waals surface area contributed by atoms with E-state index in [1.807, 2.05) is 22.4 Å². The second kappa shape index (κ2) is 5.96. The maximum Gasteiger partial charge on any atom is 0.273 e. The van der Waals surface area contributed by atoms with Crippen LogP contribution in [0.1, 0.15) is 42.2 Å². The van der Waals surface area contributed by atoms with Crippen molar-refractivity contribution in [2.75, 3.05) is 13.2 Å². The van der Waals surface area contributed by atoms with Crippen molar-refractivity contribution in [2.45, 2.75) is 38.6 Å². The number of aromatic nitrogens is 1. The van der Waals surface area contributed by atoms with Crippen LogP contribution in [0, 0.1) is 0 Å². The Morgan fingerprint density at radius 2 is 2.30 bits per heavy atom. The van der Waals surface area contributed by atoms with Gasteiger partial charge in [-0.1, -0.05) is 0 Å². The molecule has 1 unspecified atom stereocenters. The number of hydrogen-bond donors (Lipinski definition) is 0. The molecule has 2 aromatic rings. The first-order valence-electron chi connectivity index (χ1n) is 8.25. The van der Waals surface area contributed by atoms with Gasteiger partial charge in [-0.2, -0.15) is 0 Å². The van der Waals surface area contributed by atoms with Crippen LogP contribution in [0.2, 0.25) is 0 Å². The predicted octanol–water partition coefficient (Wildman–Crippen LogP) is 3.76. The number of hydrogen-bond acceptors (Lipinski definition) is 4. The van der Waals surface area contributed by atoms with Gasteiger partial charge in [-0.15, -0.1) is 11.3 Å². The Morgan fingerprint density at radius 1 is 1.39 bits per heavy atom. The van der Waals surface area contributed by atoms with Gasteiger partial charge in [0.05, 0.1) is 6.61 Å². The van der Waals surface area contributed by atoms with Crippen molar-refractivity contribution in [2.24, 2.45) is 0 Å². The molecule has 1 aromatic carbocycles. The molecule has 0 N–H and O–H groups in total. The smallest absolute Gasteiger partial charge is 0.273 e. The van der Waals surface area contributed by atoms with Crippen LogP contribution >= 0.6 is 11.3 Å². The maximum absolute atomic E-state index is 12.7. The van der Waals surface area contributed by atoms with Crippen molar-refractivity contribution >= 4 is 17.2 Å². The van der Waals surface area contributed by atoms with Crippen molar-refractivity contribution in [1.29, 1.82) is 0 Å². The molecule has 2 aliphatic heterocycles. The Labute approximate surface area is 140 Å². The summed E-state index contributed by atoms with van der Waals surface area (Å²) >= 11 is 1.54. The van der Waals surface area contributed by atoms with E-state index in [0.717, 1.165) is 48.7 Å². The topological polar surface area (TPSA) is 42.4 Å². The van der Waals surface area contributed by atoms with Crippen LogP contribution in [-0.4, -0.2) is 35.0 Å². The quantitative estimate of drug-likeness (QED) is 0.843. The van der Waals surface area contributed by atoms with Gasteiger partial charge in [-0.3, -0.25) is 4.79 Å². The Morgan fingerprint density at radius 3 is 3.17 bits per heavy atom. The summed E-state index contributed by atoms with van der Waals surface area (Å²) < 4.78 is 5.55. The van der Waals surface area contributed by atoms with Crippen LogP contribution in [0.4, 0.5) is 0 Å². The Kier molecular flexibility index (Phi) is 3.81. The molecule has 0 spiro atoms. The number of piperidine rings is 1. The van der Waals surface area contributed by atoms with Crippen LogP contribution in [0.25, 0.3) is 10.6 Å². The molecule has 0 aliphatic carbocycles. The Hall–Kier alpha value is -1.88. The third kappa shape index (κ3) is 2.74. The summed E-state index contributed by atoms with van der Waals surface area (Å²) in [6.07, 6.45) is 4.35. The van der Waals surface area contributed by atoms with Crippen LogP contribution in [-0.2, 0) is 6.42 Å². The van der Waals surface area contributed by atoms with E-state index in [1.54, 1.807) is 11.3 Å². The third-order valence-electron chi connectivity index (χ3n) is 4.72. The lowest BCUT2D eigenvalue weighted by Gasteiger charge is -2.32. The number of rotatable bonds is 2. The lowest BCUT2D eigenvalue weighted by molar-refractivity contribution is 0.0630. The van der Waals surface area contributed by atoms with Gasteiger partial charge in [-0.25, -0.2) is 4.98 Å². The average molecular weight is 328 g/mol. The Balaban J connectivity index is 1.58. The minimum Gasteiger partial charge on any atom is -0.493 e. The van der Waals surface area contributed by atoms with Crippen molar-refractivity contribution in [1.82, 2.24) is 9.88 Å². The van der Waals surface area contributed by atoms with E-state index in [1.165, 1.54) is 12.0 Å². The fourth-order valence-electron chi connectivity index (χ4n) is 3.37. The summed E-state index contributed by atoms with van der Waals surface area (Å²) in [5, 5.41) is 2.80. The van der Waals surface area contributed by atoms with Gasteiger partial charge in [0.15, 0.2) is 0 Å². The number of carbonyl (C=O) groups is 1. The molecule has 1 atom stereocenters. The summed E-state index contributed by atoms with van der Waals surface area (Å²) in [5.41, 5.74) is 2.88. The second-order valence-electron chi connectivity index (χ2n) is 6.30. The first kappa shape index (κ1) is 14.7. The van der Waals surface area contributed by atoms with E-state index in [9.17, 15) is 4.79 Å². The molecule has 0 radical (unpaired) electrons.